The van der Waals surface area contributed by atoms with Crippen molar-refractivity contribution in [3.8, 4) is 0 Å². The van der Waals surface area contributed by atoms with Crippen molar-refractivity contribution in [2.75, 3.05) is 6.61 Å². The third kappa shape index (κ3) is 4.56. The highest BCUT2D eigenvalue weighted by atomic mass is 16.5. The van der Waals surface area contributed by atoms with Crippen molar-refractivity contribution in [1.29, 1.82) is 0 Å². The van der Waals surface area contributed by atoms with E-state index in [1.807, 2.05) is 20.8 Å². The first-order valence-corrected chi connectivity index (χ1v) is 5.84. The van der Waals surface area contributed by atoms with Crippen molar-refractivity contribution in [3.63, 3.8) is 0 Å². The molecule has 1 N–H and O–H groups in total. The number of nitrogens with one attached hydrogen (secondary N) is 1. The van der Waals surface area contributed by atoms with Gasteiger partial charge in [-0.1, -0.05) is 0 Å². The molecular weight excluding hydrogens is 220 g/mol. The Morgan fingerprint density at radius 2 is 2.24 bits per heavy atom. The molecule has 96 valence electrons. The molecule has 17 heavy (non-hydrogen) atoms. The van der Waals surface area contributed by atoms with Crippen LogP contribution in [0.2, 0.25) is 0 Å². The summed E-state index contributed by atoms with van der Waals surface area (Å²) in [6.45, 7) is 8.46. The lowest BCUT2D eigenvalue weighted by Crippen LogP contribution is -2.28. The van der Waals surface area contributed by atoms with Crippen LogP contribution < -0.4 is 5.32 Å². The van der Waals surface area contributed by atoms with Crippen LogP contribution in [-0.2, 0) is 16.1 Å². The highest BCUT2D eigenvalue weighted by Gasteiger charge is 2.11. The fraction of sp³-hybridized carbons (Fsp3) is 0.667. The largest absolute Gasteiger partial charge is 0.466 e. The maximum absolute atomic E-state index is 11.2. The van der Waals surface area contributed by atoms with E-state index >= 15 is 0 Å². The van der Waals surface area contributed by atoms with Crippen LogP contribution in [-0.4, -0.2) is 23.6 Å². The van der Waals surface area contributed by atoms with Crippen molar-refractivity contribution in [2.45, 2.75) is 46.7 Å². The normalized spacial score (nSPS) is 12.5. The van der Waals surface area contributed by atoms with Crippen molar-refractivity contribution in [2.24, 2.45) is 0 Å². The monoisotopic (exact) mass is 240 g/mol. The highest BCUT2D eigenvalue weighted by Crippen LogP contribution is 2.08. The zero-order chi connectivity index (χ0) is 12.8. The lowest BCUT2D eigenvalue weighted by atomic mass is 10.2. The number of hydrogen-bond donors (Lipinski definition) is 1. The van der Waals surface area contributed by atoms with Gasteiger partial charge < -0.3 is 14.5 Å². The summed E-state index contributed by atoms with van der Waals surface area (Å²) in [5.41, 5.74) is 0.903. The van der Waals surface area contributed by atoms with Gasteiger partial charge in [0.1, 0.15) is 5.76 Å². The molecule has 0 aromatic carbocycles. The summed E-state index contributed by atoms with van der Waals surface area (Å²) < 4.78 is 10.3. The summed E-state index contributed by atoms with van der Waals surface area (Å²) in [5.74, 6) is 1.29. The Hall–Kier alpha value is -1.36. The van der Waals surface area contributed by atoms with Crippen molar-refractivity contribution >= 4 is 5.97 Å². The van der Waals surface area contributed by atoms with E-state index < -0.39 is 0 Å². The SMILES string of the molecule is CCOC(=O)CC(C)NCc1nc(C)c(C)o1. The molecular formula is C12H20N2O3. The number of oxazole rings is 1. The second-order valence-electron chi connectivity index (χ2n) is 4.04. The average molecular weight is 240 g/mol. The summed E-state index contributed by atoms with van der Waals surface area (Å²) in [5, 5.41) is 3.17. The minimum Gasteiger partial charge on any atom is -0.466 e. The number of nitrogens with zero attached hydrogens (tertiary/aromatic N) is 1. The number of aryl methyl sites for hydroxylation is 2. The first kappa shape index (κ1) is 13.7. The summed E-state index contributed by atoms with van der Waals surface area (Å²) in [6, 6.07) is 0.0431. The van der Waals surface area contributed by atoms with E-state index in [9.17, 15) is 4.79 Å². The summed E-state index contributed by atoms with van der Waals surface area (Å²) >= 11 is 0. The zero-order valence-corrected chi connectivity index (χ0v) is 10.9. The van der Waals surface area contributed by atoms with E-state index in [1.54, 1.807) is 6.92 Å². The van der Waals surface area contributed by atoms with Crippen molar-refractivity contribution < 1.29 is 13.9 Å². The van der Waals surface area contributed by atoms with Gasteiger partial charge in [-0.15, -0.1) is 0 Å². The quantitative estimate of drug-likeness (QED) is 0.767. The fourth-order valence-corrected chi connectivity index (χ4v) is 1.42. The predicted molar refractivity (Wildman–Crippen MR) is 63.5 cm³/mol. The van der Waals surface area contributed by atoms with Crippen molar-refractivity contribution in [3.05, 3.63) is 17.3 Å². The Balaban J connectivity index is 2.32. The second-order valence-corrected chi connectivity index (χ2v) is 4.04. The standard InChI is InChI=1S/C12H20N2O3/c1-5-16-12(15)6-8(2)13-7-11-14-9(3)10(4)17-11/h8,13H,5-7H2,1-4H3. The summed E-state index contributed by atoms with van der Waals surface area (Å²) in [4.78, 5) is 15.5. The maximum Gasteiger partial charge on any atom is 0.307 e. The molecule has 0 radical (unpaired) electrons. The molecule has 0 aliphatic carbocycles. The van der Waals surface area contributed by atoms with Gasteiger partial charge in [0.05, 0.1) is 25.3 Å². The maximum atomic E-state index is 11.2. The molecule has 1 aromatic rings. The molecule has 0 aliphatic heterocycles. The Kier molecular flexibility index (Phi) is 5.15. The number of ether oxygens (including phenoxy) is 1. The molecule has 0 amide bonds. The number of rotatable bonds is 6. The molecule has 1 heterocycles. The van der Waals surface area contributed by atoms with E-state index in [0.29, 0.717) is 25.5 Å². The molecule has 0 bridgehead atoms. The molecule has 5 heteroatoms. The highest BCUT2D eigenvalue weighted by molar-refractivity contribution is 5.69. The van der Waals surface area contributed by atoms with Gasteiger partial charge in [0.15, 0.2) is 0 Å². The van der Waals surface area contributed by atoms with E-state index in [2.05, 4.69) is 10.3 Å². The molecule has 1 unspecified atom stereocenters. The average Bonchev–Trinajstić information content (AvgIpc) is 2.56. The smallest absolute Gasteiger partial charge is 0.307 e. The van der Waals surface area contributed by atoms with Gasteiger partial charge in [-0.3, -0.25) is 4.79 Å². The minimum atomic E-state index is -0.188. The third-order valence-electron chi connectivity index (χ3n) is 2.45. The topological polar surface area (TPSA) is 64.4 Å². The fourth-order valence-electron chi connectivity index (χ4n) is 1.42. The minimum absolute atomic E-state index is 0.0431. The molecule has 0 saturated heterocycles. The number of hydrogen-bond acceptors (Lipinski definition) is 5. The molecule has 0 fully saturated rings. The van der Waals surface area contributed by atoms with Crippen LogP contribution >= 0.6 is 0 Å². The Bertz CT molecular complexity index is 354. The number of carbonyl (C=O) groups is 1. The van der Waals surface area contributed by atoms with Gasteiger partial charge >= 0.3 is 5.97 Å². The Morgan fingerprint density at radius 3 is 2.76 bits per heavy atom. The molecule has 0 saturated carbocycles. The molecule has 5 nitrogen and oxygen atoms in total. The molecule has 1 atom stereocenters. The zero-order valence-electron chi connectivity index (χ0n) is 10.9. The predicted octanol–water partition coefficient (Wildman–Crippen LogP) is 1.72. The van der Waals surface area contributed by atoms with E-state index in [1.165, 1.54) is 0 Å². The summed E-state index contributed by atoms with van der Waals surface area (Å²) in [6.07, 6.45) is 0.354. The Labute approximate surface area is 102 Å². The van der Waals surface area contributed by atoms with Crippen LogP contribution in [0.5, 0.6) is 0 Å². The lowest BCUT2D eigenvalue weighted by molar-refractivity contribution is -0.143. The lowest BCUT2D eigenvalue weighted by Gasteiger charge is -2.11. The van der Waals surface area contributed by atoms with Gasteiger partial charge in [0.2, 0.25) is 5.89 Å². The molecule has 1 aromatic heterocycles. The van der Waals surface area contributed by atoms with Crippen molar-refractivity contribution in [1.82, 2.24) is 10.3 Å². The molecule has 0 spiro atoms. The third-order valence-corrected chi connectivity index (χ3v) is 2.45. The van der Waals surface area contributed by atoms with Crippen LogP contribution in [0.4, 0.5) is 0 Å². The number of esters is 1. The second kappa shape index (κ2) is 6.39. The van der Waals surface area contributed by atoms with Crippen LogP contribution in [0, 0.1) is 13.8 Å². The van der Waals surface area contributed by atoms with Crippen LogP contribution in [0.25, 0.3) is 0 Å². The van der Waals surface area contributed by atoms with Gasteiger partial charge in [-0.05, 0) is 27.7 Å². The van der Waals surface area contributed by atoms with Crippen LogP contribution in [0.15, 0.2) is 4.42 Å². The number of aromatic nitrogens is 1. The molecule has 0 aliphatic rings. The Morgan fingerprint density at radius 1 is 1.53 bits per heavy atom. The van der Waals surface area contributed by atoms with Crippen LogP contribution in [0.1, 0.15) is 37.6 Å². The van der Waals surface area contributed by atoms with Gasteiger partial charge in [-0.2, -0.15) is 0 Å². The number of carbonyl (C=O) groups excluding carboxylic acids is 1. The first-order valence-electron chi connectivity index (χ1n) is 5.84. The van der Waals surface area contributed by atoms with Gasteiger partial charge in [0.25, 0.3) is 0 Å². The van der Waals surface area contributed by atoms with Gasteiger partial charge in [0, 0.05) is 6.04 Å². The molecule has 1 rings (SSSR count). The van der Waals surface area contributed by atoms with E-state index in [0.717, 1.165) is 11.5 Å². The summed E-state index contributed by atoms with van der Waals surface area (Å²) in [7, 11) is 0. The first-order chi connectivity index (χ1) is 8.02. The van der Waals surface area contributed by atoms with Gasteiger partial charge in [-0.25, -0.2) is 4.98 Å². The van der Waals surface area contributed by atoms with E-state index in [4.69, 9.17) is 9.15 Å². The van der Waals surface area contributed by atoms with E-state index in [-0.39, 0.29) is 12.0 Å². The van der Waals surface area contributed by atoms with Crippen LogP contribution in [0.3, 0.4) is 0 Å².